The summed E-state index contributed by atoms with van der Waals surface area (Å²) in [6.45, 7) is 2.54. The first-order valence-electron chi connectivity index (χ1n) is 12.8. The van der Waals surface area contributed by atoms with Crippen molar-refractivity contribution in [3.63, 3.8) is 0 Å². The number of benzene rings is 2. The monoisotopic (exact) mass is 547 g/mol. The van der Waals surface area contributed by atoms with Crippen molar-refractivity contribution in [3.05, 3.63) is 64.2 Å². The zero-order valence-corrected chi connectivity index (χ0v) is 23.0. The molecule has 0 spiro atoms. The quantitative estimate of drug-likeness (QED) is 0.326. The van der Waals surface area contributed by atoms with E-state index < -0.39 is 12.2 Å². The summed E-state index contributed by atoms with van der Waals surface area (Å²) in [4.78, 5) is 24.6. The summed E-state index contributed by atoms with van der Waals surface area (Å²) in [5.41, 5.74) is 1.95. The Bertz CT molecular complexity index is 1050. The van der Waals surface area contributed by atoms with Gasteiger partial charge in [0.05, 0.1) is 20.8 Å². The maximum atomic E-state index is 13.2. The highest BCUT2D eigenvalue weighted by Gasteiger charge is 2.23. The van der Waals surface area contributed by atoms with Crippen molar-refractivity contribution in [2.45, 2.75) is 31.4 Å². The number of carbonyl (C=O) groups excluding carboxylic acids is 2. The molecule has 0 saturated carbocycles. The zero-order chi connectivity index (χ0) is 27.3. The number of halogens is 1. The van der Waals surface area contributed by atoms with E-state index in [9.17, 15) is 9.59 Å². The van der Waals surface area contributed by atoms with Gasteiger partial charge >= 0.3 is 6.09 Å². The molecule has 3 N–H and O–H groups in total. The third-order valence-corrected chi connectivity index (χ3v) is 6.79. The number of hydrogen-bond acceptors (Lipinski definition) is 7. The van der Waals surface area contributed by atoms with Gasteiger partial charge in [-0.25, -0.2) is 4.79 Å². The largest absolute Gasteiger partial charge is 0.496 e. The van der Waals surface area contributed by atoms with Gasteiger partial charge in [-0.3, -0.25) is 4.79 Å². The number of amides is 2. The molecule has 2 aromatic carbocycles. The number of alkyl carbamates (subject to hydrolysis) is 1. The van der Waals surface area contributed by atoms with Crippen LogP contribution in [-0.4, -0.2) is 72.2 Å². The van der Waals surface area contributed by atoms with Crippen molar-refractivity contribution in [2.24, 2.45) is 5.92 Å². The second-order valence-corrected chi connectivity index (χ2v) is 9.63. The van der Waals surface area contributed by atoms with Crippen LogP contribution in [0.5, 0.6) is 5.75 Å². The minimum atomic E-state index is -0.591. The Morgan fingerprint density at radius 1 is 1.16 bits per heavy atom. The molecule has 1 aliphatic heterocycles. The van der Waals surface area contributed by atoms with E-state index in [0.717, 1.165) is 38.0 Å². The molecule has 9 nitrogen and oxygen atoms in total. The number of methoxy groups -OCH3 is 2. The van der Waals surface area contributed by atoms with Gasteiger partial charge in [0, 0.05) is 48.5 Å². The summed E-state index contributed by atoms with van der Waals surface area (Å²) >= 11 is 6.27. The van der Waals surface area contributed by atoms with E-state index in [0.29, 0.717) is 34.4 Å². The molecule has 10 heteroatoms. The van der Waals surface area contributed by atoms with Gasteiger partial charge < -0.3 is 34.9 Å². The molecule has 1 heterocycles. The number of carbonyl (C=O) groups is 2. The van der Waals surface area contributed by atoms with Crippen LogP contribution in [0.2, 0.25) is 5.02 Å². The molecule has 2 aromatic rings. The molecule has 0 aromatic heterocycles. The van der Waals surface area contributed by atoms with E-state index in [1.165, 1.54) is 7.11 Å². The predicted molar refractivity (Wildman–Crippen MR) is 146 cm³/mol. The topological polar surface area (TPSA) is 107 Å². The molecule has 1 fully saturated rings. The van der Waals surface area contributed by atoms with E-state index >= 15 is 0 Å². The molecule has 1 saturated heterocycles. The Morgan fingerprint density at radius 3 is 2.68 bits per heavy atom. The van der Waals surface area contributed by atoms with Gasteiger partial charge in [-0.1, -0.05) is 23.7 Å². The molecular weight excluding hydrogens is 510 g/mol. The van der Waals surface area contributed by atoms with Crippen molar-refractivity contribution in [1.82, 2.24) is 16.0 Å². The number of rotatable bonds is 13. The van der Waals surface area contributed by atoms with E-state index in [2.05, 4.69) is 20.7 Å². The van der Waals surface area contributed by atoms with Crippen molar-refractivity contribution < 1.29 is 28.5 Å². The maximum Gasteiger partial charge on any atom is 0.406 e. The Balaban J connectivity index is 1.76. The second-order valence-electron chi connectivity index (χ2n) is 9.20. The standard InChI is InChI=1S/C28H38ClN3O6/c1-30-23(14-19-6-5-12-37-18-19)17-32-27(33)21-9-10-25(35-2)24(16-21)26(20-7-4-8-22(29)15-20)38-13-11-31-28(34)36-3/h4,7-10,15-16,19,23,26,30H,5-6,11-14,17-18H2,1-3H3,(H,31,34)(H,32,33)/t19-,23?,26?/m1/s1. The van der Waals surface area contributed by atoms with Crippen molar-refractivity contribution in [1.29, 1.82) is 0 Å². The lowest BCUT2D eigenvalue weighted by atomic mass is 9.94. The fourth-order valence-electron chi connectivity index (χ4n) is 4.53. The summed E-state index contributed by atoms with van der Waals surface area (Å²) in [5, 5.41) is 9.52. The van der Waals surface area contributed by atoms with E-state index in [4.69, 9.17) is 25.8 Å². The lowest BCUT2D eigenvalue weighted by Gasteiger charge is -2.26. The first kappa shape index (κ1) is 29.7. The molecule has 0 bridgehead atoms. The van der Waals surface area contributed by atoms with Crippen LogP contribution in [0.3, 0.4) is 0 Å². The smallest absolute Gasteiger partial charge is 0.406 e. The Kier molecular flexibility index (Phi) is 12.1. The van der Waals surface area contributed by atoms with Crippen LogP contribution in [0, 0.1) is 5.92 Å². The number of hydrogen-bond donors (Lipinski definition) is 3. The van der Waals surface area contributed by atoms with Gasteiger partial charge in [0.1, 0.15) is 11.9 Å². The third-order valence-electron chi connectivity index (χ3n) is 6.56. The summed E-state index contributed by atoms with van der Waals surface area (Å²) in [6.07, 6.45) is 2.03. The summed E-state index contributed by atoms with van der Waals surface area (Å²) < 4.78 is 22.0. The number of ether oxygens (including phenoxy) is 4. The van der Waals surface area contributed by atoms with E-state index in [-0.39, 0.29) is 25.1 Å². The van der Waals surface area contributed by atoms with Crippen LogP contribution >= 0.6 is 11.6 Å². The van der Waals surface area contributed by atoms with Crippen LogP contribution in [-0.2, 0) is 14.2 Å². The van der Waals surface area contributed by atoms with Gasteiger partial charge in [0.25, 0.3) is 5.91 Å². The van der Waals surface area contributed by atoms with Crippen LogP contribution in [0.15, 0.2) is 42.5 Å². The molecule has 208 valence electrons. The van der Waals surface area contributed by atoms with Gasteiger partial charge in [-0.2, -0.15) is 0 Å². The van der Waals surface area contributed by atoms with Crippen molar-refractivity contribution in [3.8, 4) is 5.75 Å². The average molecular weight is 548 g/mol. The lowest BCUT2D eigenvalue weighted by molar-refractivity contribution is 0.0478. The predicted octanol–water partition coefficient (Wildman–Crippen LogP) is 3.95. The number of nitrogens with one attached hydrogen (secondary N) is 3. The normalized spacial score (nSPS) is 16.8. The Morgan fingerprint density at radius 2 is 2.00 bits per heavy atom. The van der Waals surface area contributed by atoms with Gasteiger partial charge in [0.15, 0.2) is 0 Å². The SMILES string of the molecule is CNC(CNC(=O)c1ccc(OC)c(C(OCCNC(=O)OC)c2cccc(Cl)c2)c1)C[C@H]1CCCOC1. The van der Waals surface area contributed by atoms with Crippen LogP contribution in [0.4, 0.5) is 4.79 Å². The molecule has 2 amide bonds. The molecule has 3 atom stereocenters. The molecular formula is C28H38ClN3O6. The summed E-state index contributed by atoms with van der Waals surface area (Å²) in [5.74, 6) is 0.874. The number of likely N-dealkylation sites (N-methyl/N-ethyl adjacent to an activating group) is 1. The van der Waals surface area contributed by atoms with E-state index in [1.807, 2.05) is 19.2 Å². The molecule has 38 heavy (non-hydrogen) atoms. The minimum Gasteiger partial charge on any atom is -0.496 e. The first-order valence-corrected chi connectivity index (χ1v) is 13.2. The average Bonchev–Trinajstić information content (AvgIpc) is 2.95. The molecule has 2 unspecified atom stereocenters. The highest BCUT2D eigenvalue weighted by molar-refractivity contribution is 6.30. The molecule has 3 rings (SSSR count). The summed E-state index contributed by atoms with van der Waals surface area (Å²) in [6, 6.07) is 12.7. The highest BCUT2D eigenvalue weighted by atomic mass is 35.5. The minimum absolute atomic E-state index is 0.147. The van der Waals surface area contributed by atoms with Crippen LogP contribution in [0.1, 0.15) is 46.9 Å². The van der Waals surface area contributed by atoms with Gasteiger partial charge in [-0.15, -0.1) is 0 Å². The molecule has 1 aliphatic rings. The van der Waals surface area contributed by atoms with Crippen LogP contribution in [0.25, 0.3) is 0 Å². The lowest BCUT2D eigenvalue weighted by Crippen LogP contribution is -2.41. The second kappa shape index (κ2) is 15.5. The Labute approximate surface area is 229 Å². The van der Waals surface area contributed by atoms with Crippen molar-refractivity contribution in [2.75, 3.05) is 54.2 Å². The fourth-order valence-corrected chi connectivity index (χ4v) is 4.73. The Hall–Kier alpha value is -2.85. The fraction of sp³-hybridized carbons (Fsp3) is 0.500. The molecule has 0 aliphatic carbocycles. The molecule has 0 radical (unpaired) electrons. The highest BCUT2D eigenvalue weighted by Crippen LogP contribution is 2.34. The van der Waals surface area contributed by atoms with Crippen LogP contribution < -0.4 is 20.7 Å². The maximum absolute atomic E-state index is 13.2. The van der Waals surface area contributed by atoms with Gasteiger partial charge in [-0.05, 0) is 68.1 Å². The van der Waals surface area contributed by atoms with E-state index in [1.54, 1.807) is 37.4 Å². The zero-order valence-electron chi connectivity index (χ0n) is 22.3. The summed E-state index contributed by atoms with van der Waals surface area (Å²) in [7, 11) is 4.78. The van der Waals surface area contributed by atoms with Gasteiger partial charge in [0.2, 0.25) is 0 Å². The first-order chi connectivity index (χ1) is 18.4. The third kappa shape index (κ3) is 8.87. The van der Waals surface area contributed by atoms with Crippen molar-refractivity contribution >= 4 is 23.6 Å².